The average Bonchev–Trinajstić information content (AvgIpc) is 3.11. The minimum atomic E-state index is -0.234. The van der Waals surface area contributed by atoms with Crippen LogP contribution in [0.4, 0.5) is 0 Å². The molecule has 0 saturated heterocycles. The van der Waals surface area contributed by atoms with Crippen LogP contribution in [0.1, 0.15) is 27.2 Å². The van der Waals surface area contributed by atoms with Crippen molar-refractivity contribution in [3.63, 3.8) is 0 Å². The summed E-state index contributed by atoms with van der Waals surface area (Å²) in [6.45, 7) is 1.79. The lowest BCUT2D eigenvalue weighted by Gasteiger charge is -2.20. The molecule has 1 aromatic carbocycles. The highest BCUT2D eigenvalue weighted by atomic mass is 35.5. The van der Waals surface area contributed by atoms with E-state index in [9.17, 15) is 9.59 Å². The number of amides is 1. The van der Waals surface area contributed by atoms with Crippen LogP contribution in [-0.4, -0.2) is 26.6 Å². The second-order valence-electron chi connectivity index (χ2n) is 6.18. The predicted molar refractivity (Wildman–Crippen MR) is 101 cm³/mol. The number of hydrogen-bond acceptors (Lipinski definition) is 4. The fourth-order valence-corrected chi connectivity index (χ4v) is 3.34. The first kappa shape index (κ1) is 18.2. The maximum atomic E-state index is 12.7. The molecule has 26 heavy (non-hydrogen) atoms. The Labute approximate surface area is 156 Å². The third-order valence-corrected chi connectivity index (χ3v) is 4.65. The van der Waals surface area contributed by atoms with Gasteiger partial charge in [-0.3, -0.25) is 9.59 Å². The lowest BCUT2D eigenvalue weighted by molar-refractivity contribution is 0.0952. The summed E-state index contributed by atoms with van der Waals surface area (Å²) in [5.41, 5.74) is 3.50. The fraction of sp³-hybridized carbons (Fsp3) is 0.278. The lowest BCUT2D eigenvalue weighted by Crippen LogP contribution is -2.35. The van der Waals surface area contributed by atoms with Crippen LogP contribution in [0.5, 0.6) is 0 Å². The number of rotatable bonds is 3. The van der Waals surface area contributed by atoms with Crippen LogP contribution in [0.25, 0.3) is 5.65 Å². The van der Waals surface area contributed by atoms with Gasteiger partial charge in [0.05, 0.1) is 11.8 Å². The molecule has 2 N–H and O–H groups in total. The van der Waals surface area contributed by atoms with Crippen molar-refractivity contribution >= 4 is 24.0 Å². The Morgan fingerprint density at radius 2 is 2.08 bits per heavy atom. The molecular formula is C18H20ClN5O2. The van der Waals surface area contributed by atoms with Gasteiger partial charge in [-0.15, -0.1) is 12.4 Å². The van der Waals surface area contributed by atoms with Crippen molar-refractivity contribution in [3.05, 3.63) is 69.3 Å². The van der Waals surface area contributed by atoms with Gasteiger partial charge < -0.3 is 15.2 Å². The van der Waals surface area contributed by atoms with Crippen LogP contribution in [0.15, 0.2) is 41.3 Å². The molecule has 3 heterocycles. The summed E-state index contributed by atoms with van der Waals surface area (Å²) in [6, 6.07) is 9.71. The molecule has 1 amide bonds. The molecule has 0 bridgehead atoms. The van der Waals surface area contributed by atoms with Gasteiger partial charge in [0, 0.05) is 38.8 Å². The average molecular weight is 374 g/mol. The molecule has 0 saturated carbocycles. The molecule has 0 fully saturated rings. The summed E-state index contributed by atoms with van der Waals surface area (Å²) in [7, 11) is 1.88. The number of nitrogens with zero attached hydrogens (tertiary/aromatic N) is 3. The summed E-state index contributed by atoms with van der Waals surface area (Å²) in [5, 5.41) is 10.3. The molecule has 3 aromatic rings. The first-order valence-corrected chi connectivity index (χ1v) is 8.28. The van der Waals surface area contributed by atoms with E-state index in [1.165, 1.54) is 10.7 Å². The Hall–Kier alpha value is -2.64. The van der Waals surface area contributed by atoms with Crippen LogP contribution in [0.2, 0.25) is 0 Å². The second kappa shape index (κ2) is 7.31. The predicted octanol–water partition coefficient (Wildman–Crippen LogP) is 1.03. The third-order valence-electron chi connectivity index (χ3n) is 4.65. The largest absolute Gasteiger partial charge is 0.348 e. The molecule has 1 aliphatic heterocycles. The highest BCUT2D eigenvalue weighted by Crippen LogP contribution is 2.16. The van der Waals surface area contributed by atoms with Crippen molar-refractivity contribution in [1.29, 1.82) is 0 Å². The van der Waals surface area contributed by atoms with Gasteiger partial charge in [-0.05, 0) is 5.56 Å². The molecule has 136 valence electrons. The zero-order valence-electron chi connectivity index (χ0n) is 14.4. The SMILES string of the molecule is Cl.Cn1c2c(c(=O)n3ncc(C(=O)NCc4ccccc4)c13)CNCC2. The van der Waals surface area contributed by atoms with E-state index in [2.05, 4.69) is 15.7 Å². The second-order valence-corrected chi connectivity index (χ2v) is 6.18. The van der Waals surface area contributed by atoms with Crippen LogP contribution < -0.4 is 16.2 Å². The number of hydrogen-bond donors (Lipinski definition) is 2. The van der Waals surface area contributed by atoms with Crippen molar-refractivity contribution in [3.8, 4) is 0 Å². The van der Waals surface area contributed by atoms with Gasteiger partial charge >= 0.3 is 0 Å². The lowest BCUT2D eigenvalue weighted by atomic mass is 10.1. The van der Waals surface area contributed by atoms with Gasteiger partial charge in [0.2, 0.25) is 0 Å². The van der Waals surface area contributed by atoms with Gasteiger partial charge in [-0.25, -0.2) is 0 Å². The van der Waals surface area contributed by atoms with Gasteiger partial charge in [-0.1, -0.05) is 30.3 Å². The number of nitrogens with one attached hydrogen (secondary N) is 2. The summed E-state index contributed by atoms with van der Waals surface area (Å²) in [6.07, 6.45) is 2.23. The van der Waals surface area contributed by atoms with Gasteiger partial charge in [0.15, 0.2) is 5.65 Å². The van der Waals surface area contributed by atoms with E-state index in [0.29, 0.717) is 24.3 Å². The Balaban J connectivity index is 0.00000196. The van der Waals surface area contributed by atoms with Crippen molar-refractivity contribution in [2.45, 2.75) is 19.5 Å². The molecule has 0 unspecified atom stereocenters. The maximum Gasteiger partial charge on any atom is 0.279 e. The molecule has 8 heteroatoms. The molecule has 0 aliphatic carbocycles. The Bertz CT molecular complexity index is 1010. The van der Waals surface area contributed by atoms with Crippen LogP contribution >= 0.6 is 12.4 Å². The van der Waals surface area contributed by atoms with Crippen LogP contribution in [-0.2, 0) is 26.6 Å². The summed E-state index contributed by atoms with van der Waals surface area (Å²) in [5.74, 6) is -0.234. The van der Waals surface area contributed by atoms with Gasteiger partial charge in [0.1, 0.15) is 5.56 Å². The molecule has 1 aliphatic rings. The molecule has 4 rings (SSSR count). The zero-order valence-corrected chi connectivity index (χ0v) is 15.2. The highest BCUT2D eigenvalue weighted by molar-refractivity contribution is 5.99. The zero-order chi connectivity index (χ0) is 17.4. The van der Waals surface area contributed by atoms with E-state index in [1.54, 1.807) is 0 Å². The Kier molecular flexibility index (Phi) is 5.11. The van der Waals surface area contributed by atoms with E-state index in [0.717, 1.165) is 29.8 Å². The first-order chi connectivity index (χ1) is 12.2. The molecule has 0 spiro atoms. The van der Waals surface area contributed by atoms with E-state index in [1.807, 2.05) is 41.9 Å². The Morgan fingerprint density at radius 1 is 1.31 bits per heavy atom. The minimum absolute atomic E-state index is 0. The smallest absolute Gasteiger partial charge is 0.279 e. The number of carbonyl (C=O) groups excluding carboxylic acids is 1. The fourth-order valence-electron chi connectivity index (χ4n) is 3.34. The summed E-state index contributed by atoms with van der Waals surface area (Å²) >= 11 is 0. The summed E-state index contributed by atoms with van der Waals surface area (Å²) < 4.78 is 3.24. The number of benzene rings is 1. The molecule has 0 atom stereocenters. The van der Waals surface area contributed by atoms with Gasteiger partial charge in [-0.2, -0.15) is 9.61 Å². The number of carbonyl (C=O) groups is 1. The van der Waals surface area contributed by atoms with Crippen molar-refractivity contribution < 1.29 is 4.79 Å². The number of halogens is 1. The highest BCUT2D eigenvalue weighted by Gasteiger charge is 2.23. The minimum Gasteiger partial charge on any atom is -0.348 e. The van der Waals surface area contributed by atoms with Crippen LogP contribution in [0.3, 0.4) is 0 Å². The van der Waals surface area contributed by atoms with Crippen molar-refractivity contribution in [2.24, 2.45) is 7.05 Å². The van der Waals surface area contributed by atoms with Crippen LogP contribution in [0, 0.1) is 0 Å². The molecule has 2 aromatic heterocycles. The topological polar surface area (TPSA) is 80.4 Å². The number of aromatic nitrogens is 3. The summed E-state index contributed by atoms with van der Waals surface area (Å²) in [4.78, 5) is 25.3. The molecular weight excluding hydrogens is 354 g/mol. The van der Waals surface area contributed by atoms with E-state index in [-0.39, 0.29) is 23.9 Å². The van der Waals surface area contributed by atoms with Crippen molar-refractivity contribution in [2.75, 3.05) is 6.54 Å². The van der Waals surface area contributed by atoms with E-state index >= 15 is 0 Å². The normalized spacial score (nSPS) is 13.1. The molecule has 7 nitrogen and oxygen atoms in total. The van der Waals surface area contributed by atoms with E-state index in [4.69, 9.17) is 0 Å². The number of aryl methyl sites for hydroxylation is 1. The number of fused-ring (bicyclic) bond motifs is 2. The molecule has 0 radical (unpaired) electrons. The Morgan fingerprint density at radius 3 is 2.85 bits per heavy atom. The maximum absolute atomic E-state index is 12.7. The monoisotopic (exact) mass is 373 g/mol. The third kappa shape index (κ3) is 3.00. The quantitative estimate of drug-likeness (QED) is 0.718. The standard InChI is InChI=1S/C18H19N5O2.ClH/c1-22-15-7-8-19-10-13(15)18(25)23-17(22)14(11-21-23)16(24)20-9-12-5-3-2-4-6-12;/h2-6,11,19H,7-10H2,1H3,(H,20,24);1H. The van der Waals surface area contributed by atoms with E-state index < -0.39 is 0 Å². The van der Waals surface area contributed by atoms with Crippen molar-refractivity contribution in [1.82, 2.24) is 24.8 Å². The first-order valence-electron chi connectivity index (χ1n) is 8.28. The van der Waals surface area contributed by atoms with Gasteiger partial charge in [0.25, 0.3) is 11.5 Å².